The van der Waals surface area contributed by atoms with Crippen molar-refractivity contribution in [2.45, 2.75) is 38.0 Å². The quantitative estimate of drug-likeness (QED) is 0.884. The number of halogens is 3. The first-order valence-corrected chi connectivity index (χ1v) is 8.16. The van der Waals surface area contributed by atoms with Crippen LogP contribution in [-0.4, -0.2) is 40.9 Å². The van der Waals surface area contributed by atoms with Gasteiger partial charge in [-0.05, 0) is 19.3 Å². The third-order valence-electron chi connectivity index (χ3n) is 4.23. The zero-order valence-corrected chi connectivity index (χ0v) is 13.6. The second-order valence-electron chi connectivity index (χ2n) is 6.23. The first-order valence-electron chi connectivity index (χ1n) is 8.16. The van der Waals surface area contributed by atoms with Crippen LogP contribution in [0.1, 0.15) is 31.7 Å². The predicted octanol–water partition coefficient (Wildman–Crippen LogP) is 2.47. The highest BCUT2D eigenvalue weighted by molar-refractivity contribution is 6.16. The van der Waals surface area contributed by atoms with Crippen LogP contribution in [0.5, 0.6) is 0 Å². The standard InChI is InChI=1S/C17H18F3N3O2/c1-2-10-23-13(11-6-4-3-5-7-11)21-16(15(23)25,17(18,19)20)22-14(24)12-8-9-12/h3-7,12H,2,8-10H2,1H3,(H,22,24)/t16-/m1/s1. The second-order valence-corrected chi connectivity index (χ2v) is 6.23. The molecular formula is C17H18F3N3O2. The fourth-order valence-electron chi connectivity index (χ4n) is 2.76. The van der Waals surface area contributed by atoms with E-state index in [9.17, 15) is 22.8 Å². The maximum absolute atomic E-state index is 13.8. The number of rotatable bonds is 5. The molecule has 3 rings (SSSR count). The summed E-state index contributed by atoms with van der Waals surface area (Å²) in [5.41, 5.74) is -2.84. The van der Waals surface area contributed by atoms with Gasteiger partial charge in [-0.3, -0.25) is 14.5 Å². The number of nitrogens with zero attached hydrogens (tertiary/aromatic N) is 2. The molecule has 1 saturated carbocycles. The van der Waals surface area contributed by atoms with Gasteiger partial charge >= 0.3 is 11.8 Å². The minimum absolute atomic E-state index is 0.0686. The normalized spacial score (nSPS) is 23.6. The monoisotopic (exact) mass is 353 g/mol. The average Bonchev–Trinajstić information content (AvgIpc) is 3.37. The maximum atomic E-state index is 13.8. The summed E-state index contributed by atoms with van der Waals surface area (Å²) in [6.07, 6.45) is -3.51. The van der Waals surface area contributed by atoms with E-state index in [1.54, 1.807) is 37.3 Å². The molecule has 1 aliphatic heterocycles. The number of carbonyl (C=O) groups excluding carboxylic acids is 2. The highest BCUT2D eigenvalue weighted by atomic mass is 19.4. The smallest absolute Gasteiger partial charge is 0.316 e. The summed E-state index contributed by atoms with van der Waals surface area (Å²) in [5.74, 6) is -2.57. The fraction of sp³-hybridized carbons (Fsp3) is 0.471. The van der Waals surface area contributed by atoms with Gasteiger partial charge in [0, 0.05) is 18.0 Å². The number of benzene rings is 1. The average molecular weight is 353 g/mol. The molecule has 25 heavy (non-hydrogen) atoms. The van der Waals surface area contributed by atoms with Crippen LogP contribution < -0.4 is 5.32 Å². The molecule has 1 N–H and O–H groups in total. The van der Waals surface area contributed by atoms with Gasteiger partial charge in [0.25, 0.3) is 5.91 Å². The van der Waals surface area contributed by atoms with E-state index in [1.807, 2.05) is 5.32 Å². The number of nitrogens with one attached hydrogen (secondary N) is 1. The number of carbonyl (C=O) groups is 2. The first kappa shape index (κ1) is 17.4. The Bertz CT molecular complexity index is 714. The van der Waals surface area contributed by atoms with E-state index >= 15 is 0 Å². The van der Waals surface area contributed by atoms with Crippen LogP contribution in [0.15, 0.2) is 35.3 Å². The number of amides is 2. The van der Waals surface area contributed by atoms with Crippen LogP contribution in [0.25, 0.3) is 0 Å². The summed E-state index contributed by atoms with van der Waals surface area (Å²) in [5, 5.41) is 1.89. The van der Waals surface area contributed by atoms with Crippen molar-refractivity contribution in [3.05, 3.63) is 35.9 Å². The molecule has 1 heterocycles. The Morgan fingerprint density at radius 2 is 1.96 bits per heavy atom. The largest absolute Gasteiger partial charge is 0.442 e. The molecule has 0 radical (unpaired) electrons. The third kappa shape index (κ3) is 3.01. The molecule has 1 aliphatic carbocycles. The molecule has 0 saturated heterocycles. The number of aliphatic imine (C=N–C) groups is 1. The molecule has 1 fully saturated rings. The van der Waals surface area contributed by atoms with Gasteiger partial charge in [-0.25, -0.2) is 4.99 Å². The van der Waals surface area contributed by atoms with Crippen LogP contribution in [-0.2, 0) is 9.59 Å². The first-order chi connectivity index (χ1) is 11.8. The summed E-state index contributed by atoms with van der Waals surface area (Å²) >= 11 is 0. The third-order valence-corrected chi connectivity index (χ3v) is 4.23. The summed E-state index contributed by atoms with van der Waals surface area (Å²) in [4.78, 5) is 29.5. The van der Waals surface area contributed by atoms with Gasteiger partial charge in [-0.2, -0.15) is 13.2 Å². The molecule has 1 aromatic carbocycles. The topological polar surface area (TPSA) is 61.8 Å². The van der Waals surface area contributed by atoms with Crippen LogP contribution in [0, 0.1) is 5.92 Å². The molecule has 1 atom stereocenters. The van der Waals surface area contributed by atoms with Crippen molar-refractivity contribution in [3.63, 3.8) is 0 Å². The van der Waals surface area contributed by atoms with Crippen molar-refractivity contribution in [2.75, 3.05) is 6.54 Å². The number of amidine groups is 1. The lowest BCUT2D eigenvalue weighted by molar-refractivity contribution is -0.200. The molecule has 134 valence electrons. The van der Waals surface area contributed by atoms with Gasteiger partial charge < -0.3 is 5.32 Å². The minimum atomic E-state index is -5.03. The highest BCUT2D eigenvalue weighted by Gasteiger charge is 2.67. The van der Waals surface area contributed by atoms with Crippen molar-refractivity contribution in [2.24, 2.45) is 10.9 Å². The lowest BCUT2D eigenvalue weighted by Crippen LogP contribution is -2.63. The van der Waals surface area contributed by atoms with Crippen LogP contribution in [0.4, 0.5) is 13.2 Å². The van der Waals surface area contributed by atoms with Crippen molar-refractivity contribution in [3.8, 4) is 0 Å². The molecule has 2 amide bonds. The van der Waals surface area contributed by atoms with Crippen molar-refractivity contribution < 1.29 is 22.8 Å². The van der Waals surface area contributed by atoms with Crippen LogP contribution >= 0.6 is 0 Å². The van der Waals surface area contributed by atoms with Crippen molar-refractivity contribution in [1.82, 2.24) is 10.2 Å². The summed E-state index contributed by atoms with van der Waals surface area (Å²) in [7, 11) is 0. The van der Waals surface area contributed by atoms with E-state index in [-0.39, 0.29) is 12.4 Å². The van der Waals surface area contributed by atoms with Gasteiger partial charge in [0.2, 0.25) is 5.91 Å². The minimum Gasteiger partial charge on any atom is -0.316 e. The van der Waals surface area contributed by atoms with Crippen molar-refractivity contribution >= 4 is 17.6 Å². The molecule has 5 nitrogen and oxygen atoms in total. The predicted molar refractivity (Wildman–Crippen MR) is 84.6 cm³/mol. The Hall–Kier alpha value is -2.38. The van der Waals surface area contributed by atoms with Gasteiger partial charge in [-0.15, -0.1) is 0 Å². The van der Waals surface area contributed by atoms with Gasteiger partial charge in [0.1, 0.15) is 5.84 Å². The number of hydrogen-bond donors (Lipinski definition) is 1. The van der Waals surface area contributed by atoms with E-state index in [0.29, 0.717) is 24.8 Å². The number of alkyl halides is 3. The second kappa shape index (κ2) is 6.16. The van der Waals surface area contributed by atoms with E-state index in [1.165, 1.54) is 0 Å². The molecule has 1 aromatic rings. The van der Waals surface area contributed by atoms with E-state index < -0.39 is 29.6 Å². The molecule has 0 aromatic heterocycles. The number of hydrogen-bond acceptors (Lipinski definition) is 3. The zero-order chi connectivity index (χ0) is 18.2. The van der Waals surface area contributed by atoms with E-state index in [4.69, 9.17) is 0 Å². The maximum Gasteiger partial charge on any atom is 0.442 e. The fourth-order valence-corrected chi connectivity index (χ4v) is 2.76. The Morgan fingerprint density at radius 3 is 2.48 bits per heavy atom. The Kier molecular flexibility index (Phi) is 4.30. The molecule has 0 unspecified atom stereocenters. The Morgan fingerprint density at radius 1 is 1.32 bits per heavy atom. The van der Waals surface area contributed by atoms with E-state index in [0.717, 1.165) is 4.90 Å². The lowest BCUT2D eigenvalue weighted by Gasteiger charge is -2.29. The summed E-state index contributed by atoms with van der Waals surface area (Å²) in [6.45, 7) is 1.84. The SMILES string of the molecule is CCCN1C(=O)[C@@](NC(=O)C2CC2)(C(F)(F)F)N=C1c1ccccc1. The summed E-state index contributed by atoms with van der Waals surface area (Å²) in [6, 6.07) is 8.20. The molecule has 8 heteroatoms. The van der Waals surface area contributed by atoms with Gasteiger partial charge in [0.05, 0.1) is 0 Å². The molecule has 0 bridgehead atoms. The Labute approximate surface area is 142 Å². The van der Waals surface area contributed by atoms with E-state index in [2.05, 4.69) is 4.99 Å². The van der Waals surface area contributed by atoms with Crippen LogP contribution in [0.2, 0.25) is 0 Å². The Balaban J connectivity index is 2.08. The molecular weight excluding hydrogens is 335 g/mol. The summed E-state index contributed by atoms with van der Waals surface area (Å²) < 4.78 is 41.5. The zero-order valence-electron chi connectivity index (χ0n) is 13.6. The van der Waals surface area contributed by atoms with Gasteiger partial charge in [-0.1, -0.05) is 37.3 Å². The molecule has 2 aliphatic rings. The van der Waals surface area contributed by atoms with Crippen LogP contribution in [0.3, 0.4) is 0 Å². The highest BCUT2D eigenvalue weighted by Crippen LogP contribution is 2.40. The molecule has 0 spiro atoms. The lowest BCUT2D eigenvalue weighted by atomic mass is 10.1. The van der Waals surface area contributed by atoms with Gasteiger partial charge in [0.15, 0.2) is 0 Å². The van der Waals surface area contributed by atoms with Crippen molar-refractivity contribution in [1.29, 1.82) is 0 Å².